The predicted octanol–water partition coefficient (Wildman–Crippen LogP) is 1.59. The molecule has 1 fully saturated rings. The van der Waals surface area contributed by atoms with Crippen LogP contribution in [-0.4, -0.2) is 24.5 Å². The van der Waals surface area contributed by atoms with Crippen LogP contribution in [0.5, 0.6) is 0 Å². The van der Waals surface area contributed by atoms with Crippen LogP contribution in [0.4, 0.5) is 0 Å². The number of hydrogen-bond donors (Lipinski definition) is 1. The molecule has 1 saturated carbocycles. The Morgan fingerprint density at radius 2 is 2.12 bits per heavy atom. The van der Waals surface area contributed by atoms with E-state index in [-0.39, 0.29) is 0 Å². The molecule has 1 aliphatic rings. The van der Waals surface area contributed by atoms with Crippen LogP contribution in [0, 0.1) is 11.8 Å². The molecule has 0 unspecified atom stereocenters. The smallest absolute Gasteiger partial charge is 0.0555 e. The second kappa shape index (κ2) is 5.16. The van der Waals surface area contributed by atoms with Crippen LogP contribution in [0.3, 0.4) is 0 Å². The van der Waals surface area contributed by atoms with Crippen LogP contribution in [0.25, 0.3) is 0 Å². The van der Waals surface area contributed by atoms with E-state index in [0.717, 1.165) is 18.2 Å². The van der Waals surface area contributed by atoms with Crippen LogP contribution in [0.2, 0.25) is 0 Å². The number of nitrogens with zero attached hydrogens (tertiary/aromatic N) is 1. The van der Waals surface area contributed by atoms with Gasteiger partial charge < -0.3 is 5.73 Å². The first kappa shape index (κ1) is 11.2. The lowest BCUT2D eigenvalue weighted by molar-refractivity contribution is 0.316. The minimum atomic E-state index is 0.423. The number of rotatable bonds is 3. The summed E-state index contributed by atoms with van der Waals surface area (Å²) >= 11 is 0. The standard InChI is InChI=1S/C14H18N2/c1-16(14-8-9-14)11-13-6-3-2-5-12(13)7-4-10-15/h2-3,5-6,14H,8-11,15H2,1H3. The summed E-state index contributed by atoms with van der Waals surface area (Å²) in [6, 6.07) is 9.11. The maximum absolute atomic E-state index is 5.40. The average molecular weight is 214 g/mol. The zero-order valence-electron chi connectivity index (χ0n) is 9.74. The van der Waals surface area contributed by atoms with E-state index >= 15 is 0 Å². The normalized spacial score (nSPS) is 14.7. The van der Waals surface area contributed by atoms with Crippen molar-refractivity contribution in [3.8, 4) is 11.8 Å². The van der Waals surface area contributed by atoms with Gasteiger partial charge in [0.1, 0.15) is 0 Å². The molecule has 1 aliphatic carbocycles. The van der Waals surface area contributed by atoms with E-state index in [1.807, 2.05) is 6.07 Å². The summed E-state index contributed by atoms with van der Waals surface area (Å²) in [6.45, 7) is 1.41. The Kier molecular flexibility index (Phi) is 3.61. The predicted molar refractivity (Wildman–Crippen MR) is 66.9 cm³/mol. The lowest BCUT2D eigenvalue weighted by atomic mass is 10.1. The van der Waals surface area contributed by atoms with Gasteiger partial charge in [-0.05, 0) is 31.5 Å². The number of nitrogens with two attached hydrogens (primary N) is 1. The highest BCUT2D eigenvalue weighted by Crippen LogP contribution is 2.27. The first-order chi connectivity index (χ1) is 7.81. The van der Waals surface area contributed by atoms with Gasteiger partial charge in [-0.25, -0.2) is 0 Å². The Bertz CT molecular complexity index is 410. The van der Waals surface area contributed by atoms with Crippen LogP contribution in [0.15, 0.2) is 24.3 Å². The molecule has 0 saturated heterocycles. The van der Waals surface area contributed by atoms with E-state index in [4.69, 9.17) is 5.73 Å². The van der Waals surface area contributed by atoms with Gasteiger partial charge >= 0.3 is 0 Å². The molecule has 2 rings (SSSR count). The molecule has 0 bridgehead atoms. The van der Waals surface area contributed by atoms with Gasteiger partial charge in [0, 0.05) is 18.2 Å². The Balaban J connectivity index is 2.12. The summed E-state index contributed by atoms with van der Waals surface area (Å²) in [5.41, 5.74) is 7.82. The molecule has 84 valence electrons. The molecular weight excluding hydrogens is 196 g/mol. The Morgan fingerprint density at radius 3 is 2.81 bits per heavy atom. The van der Waals surface area contributed by atoms with Crippen LogP contribution < -0.4 is 5.73 Å². The third-order valence-electron chi connectivity index (χ3n) is 2.93. The third kappa shape index (κ3) is 2.85. The molecule has 0 amide bonds. The zero-order valence-corrected chi connectivity index (χ0v) is 9.74. The first-order valence-corrected chi connectivity index (χ1v) is 5.78. The van der Waals surface area contributed by atoms with Crippen LogP contribution >= 0.6 is 0 Å². The van der Waals surface area contributed by atoms with Gasteiger partial charge in [-0.2, -0.15) is 0 Å². The van der Waals surface area contributed by atoms with E-state index in [1.54, 1.807) is 0 Å². The van der Waals surface area contributed by atoms with E-state index in [9.17, 15) is 0 Å². The van der Waals surface area contributed by atoms with E-state index < -0.39 is 0 Å². The lowest BCUT2D eigenvalue weighted by Gasteiger charge is -2.16. The largest absolute Gasteiger partial charge is 0.320 e. The number of benzene rings is 1. The van der Waals surface area contributed by atoms with Gasteiger partial charge in [-0.3, -0.25) is 4.90 Å². The van der Waals surface area contributed by atoms with Crippen LogP contribution in [0.1, 0.15) is 24.0 Å². The molecule has 0 spiro atoms. The minimum absolute atomic E-state index is 0.423. The highest BCUT2D eigenvalue weighted by molar-refractivity contribution is 5.41. The molecule has 0 heterocycles. The second-order valence-electron chi connectivity index (χ2n) is 4.31. The molecular formula is C14H18N2. The molecule has 16 heavy (non-hydrogen) atoms. The highest BCUT2D eigenvalue weighted by Gasteiger charge is 2.26. The molecule has 2 heteroatoms. The third-order valence-corrected chi connectivity index (χ3v) is 2.93. The topological polar surface area (TPSA) is 29.3 Å². The molecule has 2 N–H and O–H groups in total. The SMILES string of the molecule is CN(Cc1ccccc1C#CCN)C1CC1. The second-order valence-corrected chi connectivity index (χ2v) is 4.31. The van der Waals surface area contributed by atoms with E-state index in [2.05, 4.69) is 42.0 Å². The fourth-order valence-corrected chi connectivity index (χ4v) is 1.84. The Labute approximate surface area is 97.4 Å². The van der Waals surface area contributed by atoms with Gasteiger partial charge in [-0.1, -0.05) is 30.0 Å². The maximum atomic E-state index is 5.40. The van der Waals surface area contributed by atoms with Crippen molar-refractivity contribution in [2.24, 2.45) is 5.73 Å². The van der Waals surface area contributed by atoms with Crippen molar-refractivity contribution in [3.63, 3.8) is 0 Å². The van der Waals surface area contributed by atoms with Crippen molar-refractivity contribution in [1.82, 2.24) is 4.90 Å². The zero-order chi connectivity index (χ0) is 11.4. The highest BCUT2D eigenvalue weighted by atomic mass is 15.1. The van der Waals surface area contributed by atoms with Crippen molar-refractivity contribution < 1.29 is 0 Å². The van der Waals surface area contributed by atoms with Gasteiger partial charge in [0.2, 0.25) is 0 Å². The lowest BCUT2D eigenvalue weighted by Crippen LogP contribution is -2.20. The summed E-state index contributed by atoms with van der Waals surface area (Å²) in [6.07, 6.45) is 2.68. The van der Waals surface area contributed by atoms with Crippen LogP contribution in [-0.2, 0) is 6.54 Å². The molecule has 0 atom stereocenters. The summed E-state index contributed by atoms with van der Waals surface area (Å²) in [5.74, 6) is 6.06. The van der Waals surface area contributed by atoms with E-state index in [0.29, 0.717) is 6.54 Å². The van der Waals surface area contributed by atoms with Crippen molar-refractivity contribution in [1.29, 1.82) is 0 Å². The van der Waals surface area contributed by atoms with Crippen molar-refractivity contribution >= 4 is 0 Å². The van der Waals surface area contributed by atoms with Gasteiger partial charge in [0.05, 0.1) is 6.54 Å². The fourth-order valence-electron chi connectivity index (χ4n) is 1.84. The Morgan fingerprint density at radius 1 is 1.38 bits per heavy atom. The molecule has 2 nitrogen and oxygen atoms in total. The van der Waals surface area contributed by atoms with E-state index in [1.165, 1.54) is 18.4 Å². The monoisotopic (exact) mass is 214 g/mol. The maximum Gasteiger partial charge on any atom is 0.0555 e. The van der Waals surface area contributed by atoms with Crippen molar-refractivity contribution in [2.75, 3.05) is 13.6 Å². The summed E-state index contributed by atoms with van der Waals surface area (Å²) in [5, 5.41) is 0. The van der Waals surface area contributed by atoms with Gasteiger partial charge in [-0.15, -0.1) is 0 Å². The first-order valence-electron chi connectivity index (χ1n) is 5.78. The quantitative estimate of drug-likeness (QED) is 0.774. The molecule has 1 aromatic rings. The number of hydrogen-bond acceptors (Lipinski definition) is 2. The summed E-state index contributed by atoms with van der Waals surface area (Å²) in [7, 11) is 2.19. The molecule has 0 aromatic heterocycles. The average Bonchev–Trinajstić information content (AvgIpc) is 3.11. The molecule has 0 aliphatic heterocycles. The van der Waals surface area contributed by atoms with Gasteiger partial charge in [0.25, 0.3) is 0 Å². The van der Waals surface area contributed by atoms with Gasteiger partial charge in [0.15, 0.2) is 0 Å². The fraction of sp³-hybridized carbons (Fsp3) is 0.429. The van der Waals surface area contributed by atoms with Crippen molar-refractivity contribution in [3.05, 3.63) is 35.4 Å². The molecule has 1 aromatic carbocycles. The minimum Gasteiger partial charge on any atom is -0.320 e. The summed E-state index contributed by atoms with van der Waals surface area (Å²) in [4.78, 5) is 2.41. The summed E-state index contributed by atoms with van der Waals surface area (Å²) < 4.78 is 0. The Hall–Kier alpha value is -1.30. The van der Waals surface area contributed by atoms with Crippen molar-refractivity contribution in [2.45, 2.75) is 25.4 Å². The molecule has 0 radical (unpaired) electrons.